The summed E-state index contributed by atoms with van der Waals surface area (Å²) >= 11 is 0. The summed E-state index contributed by atoms with van der Waals surface area (Å²) < 4.78 is 38.1. The van der Waals surface area contributed by atoms with Gasteiger partial charge < -0.3 is 11.1 Å². The highest BCUT2D eigenvalue weighted by Crippen LogP contribution is 2.40. The van der Waals surface area contributed by atoms with Crippen molar-refractivity contribution in [2.75, 3.05) is 13.1 Å². The van der Waals surface area contributed by atoms with Crippen LogP contribution in [0, 0.1) is 0 Å². The zero-order valence-electron chi connectivity index (χ0n) is 11.7. The quantitative estimate of drug-likeness (QED) is 0.778. The standard InChI is InChI=1S/C13H22F3N3O/c1-2-18-12(11(17)20)6-5-10(7-12)19(9-3-4-9)8-13(14,15)16/h9-10,18H,2-8H2,1H3,(H2,17,20). The van der Waals surface area contributed by atoms with Crippen LogP contribution in [0.3, 0.4) is 0 Å². The average molecular weight is 293 g/mol. The number of carbonyl (C=O) groups excluding carboxylic acids is 1. The number of nitrogens with zero attached hydrogens (tertiary/aromatic N) is 1. The van der Waals surface area contributed by atoms with Crippen LogP contribution in [-0.2, 0) is 4.79 Å². The summed E-state index contributed by atoms with van der Waals surface area (Å²) in [6, 6.07) is -0.192. The molecule has 0 radical (unpaired) electrons. The third-order valence-electron chi connectivity index (χ3n) is 4.32. The Kier molecular flexibility index (Phi) is 4.30. The van der Waals surface area contributed by atoms with E-state index in [1.54, 1.807) is 0 Å². The van der Waals surface area contributed by atoms with E-state index in [2.05, 4.69) is 5.32 Å². The molecule has 4 nitrogen and oxygen atoms in total. The minimum absolute atomic E-state index is 0.0203. The number of likely N-dealkylation sites (N-methyl/N-ethyl adjacent to an activating group) is 1. The summed E-state index contributed by atoms with van der Waals surface area (Å²) in [4.78, 5) is 13.2. The van der Waals surface area contributed by atoms with Gasteiger partial charge in [0.1, 0.15) is 0 Å². The fourth-order valence-electron chi connectivity index (χ4n) is 3.28. The molecule has 0 aromatic carbocycles. The molecule has 2 saturated carbocycles. The summed E-state index contributed by atoms with van der Waals surface area (Å²) in [6.45, 7) is 1.56. The van der Waals surface area contributed by atoms with Crippen LogP contribution in [0.4, 0.5) is 13.2 Å². The predicted molar refractivity (Wildman–Crippen MR) is 69.0 cm³/mol. The lowest BCUT2D eigenvalue weighted by atomic mass is 9.96. The molecule has 0 bridgehead atoms. The number of amides is 1. The van der Waals surface area contributed by atoms with Crippen LogP contribution in [0.25, 0.3) is 0 Å². The maximum atomic E-state index is 12.7. The number of rotatable bonds is 6. The summed E-state index contributed by atoms with van der Waals surface area (Å²) in [5.74, 6) is -0.454. The van der Waals surface area contributed by atoms with Gasteiger partial charge in [-0.1, -0.05) is 6.92 Å². The maximum Gasteiger partial charge on any atom is 0.401 e. The van der Waals surface area contributed by atoms with Crippen LogP contribution in [0.1, 0.15) is 39.0 Å². The van der Waals surface area contributed by atoms with Gasteiger partial charge in [0, 0.05) is 12.1 Å². The van der Waals surface area contributed by atoms with Gasteiger partial charge in [-0.3, -0.25) is 9.69 Å². The molecule has 7 heteroatoms. The van der Waals surface area contributed by atoms with Crippen LogP contribution in [0.2, 0.25) is 0 Å². The summed E-state index contributed by atoms with van der Waals surface area (Å²) in [5.41, 5.74) is 4.62. The van der Waals surface area contributed by atoms with Crippen LogP contribution in [0.5, 0.6) is 0 Å². The Balaban J connectivity index is 2.07. The molecule has 1 amide bonds. The highest BCUT2D eigenvalue weighted by atomic mass is 19.4. The van der Waals surface area contributed by atoms with E-state index < -0.39 is 24.2 Å². The van der Waals surface area contributed by atoms with Crippen molar-refractivity contribution in [2.24, 2.45) is 5.73 Å². The fourth-order valence-corrected chi connectivity index (χ4v) is 3.28. The second kappa shape index (κ2) is 5.52. The molecule has 2 unspecified atom stereocenters. The smallest absolute Gasteiger partial charge is 0.368 e. The SMILES string of the molecule is CCNC1(C(N)=O)CCC(N(CC(F)(F)F)C2CC2)C1. The Morgan fingerprint density at radius 1 is 1.35 bits per heavy atom. The Morgan fingerprint density at radius 3 is 2.45 bits per heavy atom. The molecule has 0 aromatic heterocycles. The monoisotopic (exact) mass is 293 g/mol. The Morgan fingerprint density at radius 2 is 2.00 bits per heavy atom. The molecule has 0 saturated heterocycles. The molecule has 2 aliphatic rings. The second-order valence-corrected chi connectivity index (χ2v) is 5.89. The lowest BCUT2D eigenvalue weighted by Crippen LogP contribution is -2.55. The van der Waals surface area contributed by atoms with E-state index in [1.807, 2.05) is 6.92 Å². The predicted octanol–water partition coefficient (Wildman–Crippen LogP) is 1.40. The molecule has 0 aliphatic heterocycles. The molecule has 2 aliphatic carbocycles. The molecule has 2 atom stereocenters. The van der Waals surface area contributed by atoms with Gasteiger partial charge in [0.2, 0.25) is 5.91 Å². The topological polar surface area (TPSA) is 58.4 Å². The molecule has 20 heavy (non-hydrogen) atoms. The molecule has 2 fully saturated rings. The highest BCUT2D eigenvalue weighted by Gasteiger charge is 2.49. The minimum Gasteiger partial charge on any atom is -0.368 e. The van der Waals surface area contributed by atoms with Crippen LogP contribution in [-0.4, -0.2) is 47.7 Å². The lowest BCUT2D eigenvalue weighted by molar-refractivity contribution is -0.152. The normalized spacial score (nSPS) is 30.9. The van der Waals surface area contributed by atoms with Gasteiger partial charge in [-0.2, -0.15) is 13.2 Å². The number of alkyl halides is 3. The van der Waals surface area contributed by atoms with Crippen LogP contribution in [0.15, 0.2) is 0 Å². The summed E-state index contributed by atoms with van der Waals surface area (Å²) in [7, 11) is 0. The van der Waals surface area contributed by atoms with Gasteiger partial charge in [-0.15, -0.1) is 0 Å². The van der Waals surface area contributed by atoms with Crippen molar-refractivity contribution >= 4 is 5.91 Å². The van der Waals surface area contributed by atoms with Crippen LogP contribution >= 0.6 is 0 Å². The molecule has 2 rings (SSSR count). The van der Waals surface area contributed by atoms with Crippen molar-refractivity contribution < 1.29 is 18.0 Å². The molecule has 0 spiro atoms. The van der Waals surface area contributed by atoms with Crippen molar-refractivity contribution in [2.45, 2.75) is 62.8 Å². The third-order valence-corrected chi connectivity index (χ3v) is 4.32. The molecular weight excluding hydrogens is 271 g/mol. The van der Waals surface area contributed by atoms with E-state index in [9.17, 15) is 18.0 Å². The average Bonchev–Trinajstić information content (AvgIpc) is 3.07. The second-order valence-electron chi connectivity index (χ2n) is 5.89. The van der Waals surface area contributed by atoms with Gasteiger partial charge in [0.25, 0.3) is 0 Å². The number of nitrogens with two attached hydrogens (primary N) is 1. The number of nitrogens with one attached hydrogen (secondary N) is 1. The largest absolute Gasteiger partial charge is 0.401 e. The number of hydrogen-bond donors (Lipinski definition) is 2. The molecule has 0 heterocycles. The van der Waals surface area contributed by atoms with Crippen molar-refractivity contribution in [1.82, 2.24) is 10.2 Å². The molecular formula is C13H22F3N3O. The van der Waals surface area contributed by atoms with Crippen molar-refractivity contribution in [1.29, 1.82) is 0 Å². The van der Waals surface area contributed by atoms with E-state index in [-0.39, 0.29) is 12.1 Å². The first-order valence-electron chi connectivity index (χ1n) is 7.15. The van der Waals surface area contributed by atoms with E-state index in [0.29, 0.717) is 25.8 Å². The number of carbonyl (C=O) groups is 1. The Hall–Kier alpha value is -0.820. The molecule has 3 N–H and O–H groups in total. The molecule has 0 aromatic rings. The fraction of sp³-hybridized carbons (Fsp3) is 0.923. The van der Waals surface area contributed by atoms with Gasteiger partial charge >= 0.3 is 6.18 Å². The summed E-state index contributed by atoms with van der Waals surface area (Å²) in [5, 5.41) is 3.08. The van der Waals surface area contributed by atoms with Crippen molar-refractivity contribution in [3.05, 3.63) is 0 Å². The summed E-state index contributed by atoms with van der Waals surface area (Å²) in [6.07, 6.45) is -1.08. The highest BCUT2D eigenvalue weighted by molar-refractivity contribution is 5.85. The van der Waals surface area contributed by atoms with Gasteiger partial charge in [-0.05, 0) is 38.6 Å². The van der Waals surface area contributed by atoms with E-state index >= 15 is 0 Å². The van der Waals surface area contributed by atoms with E-state index in [0.717, 1.165) is 12.8 Å². The Bertz CT molecular complexity index is 370. The third kappa shape index (κ3) is 3.44. The number of hydrogen-bond acceptors (Lipinski definition) is 3. The maximum absolute atomic E-state index is 12.7. The van der Waals surface area contributed by atoms with E-state index in [4.69, 9.17) is 5.73 Å². The van der Waals surface area contributed by atoms with Crippen molar-refractivity contribution in [3.63, 3.8) is 0 Å². The first-order chi connectivity index (χ1) is 9.27. The van der Waals surface area contributed by atoms with Gasteiger partial charge in [-0.25, -0.2) is 0 Å². The zero-order chi connectivity index (χ0) is 15.0. The first-order valence-corrected chi connectivity index (χ1v) is 7.15. The van der Waals surface area contributed by atoms with Gasteiger partial charge in [0.05, 0.1) is 12.1 Å². The van der Waals surface area contributed by atoms with Crippen LogP contribution < -0.4 is 11.1 Å². The van der Waals surface area contributed by atoms with E-state index in [1.165, 1.54) is 4.90 Å². The van der Waals surface area contributed by atoms with Gasteiger partial charge in [0.15, 0.2) is 0 Å². The minimum atomic E-state index is -4.20. The van der Waals surface area contributed by atoms with Crippen molar-refractivity contribution in [3.8, 4) is 0 Å². The zero-order valence-corrected chi connectivity index (χ0v) is 11.7. The Labute approximate surface area is 116 Å². The number of halogens is 3. The first kappa shape index (κ1) is 15.6. The molecule has 116 valence electrons. The lowest BCUT2D eigenvalue weighted by Gasteiger charge is -2.32. The number of primary amides is 1.